The molecule has 1 aromatic carbocycles. The number of hydrogen-bond donors (Lipinski definition) is 0. The number of nitrogens with zero attached hydrogens (tertiary/aromatic N) is 1. The van der Waals surface area contributed by atoms with Crippen molar-refractivity contribution in [3.63, 3.8) is 0 Å². The lowest BCUT2D eigenvalue weighted by Gasteiger charge is -2.15. The minimum absolute atomic E-state index is 0.380. The molecule has 0 radical (unpaired) electrons. The summed E-state index contributed by atoms with van der Waals surface area (Å²) >= 11 is 0. The second kappa shape index (κ2) is 4.70. The van der Waals surface area contributed by atoms with Crippen LogP contribution in [0, 0.1) is 25.2 Å². The van der Waals surface area contributed by atoms with Crippen molar-refractivity contribution in [3.05, 3.63) is 22.8 Å². The van der Waals surface area contributed by atoms with E-state index in [1.807, 2.05) is 19.9 Å². The average Bonchev–Trinajstić information content (AvgIpc) is 2.25. The average molecular weight is 205 g/mol. The Balaban J connectivity index is 3.40. The van der Waals surface area contributed by atoms with E-state index in [0.717, 1.165) is 28.2 Å². The second-order valence-electron chi connectivity index (χ2n) is 3.34. The Hall–Kier alpha value is -1.69. The van der Waals surface area contributed by atoms with E-state index in [1.54, 1.807) is 14.2 Å². The molecule has 1 rings (SSSR count). The Morgan fingerprint density at radius 3 is 1.93 bits per heavy atom. The van der Waals surface area contributed by atoms with E-state index in [4.69, 9.17) is 14.7 Å². The van der Waals surface area contributed by atoms with Crippen LogP contribution < -0.4 is 9.47 Å². The Morgan fingerprint density at radius 1 is 1.13 bits per heavy atom. The smallest absolute Gasteiger partial charge is 0.125 e. The van der Waals surface area contributed by atoms with E-state index in [1.165, 1.54) is 0 Å². The van der Waals surface area contributed by atoms with Gasteiger partial charge in [-0.2, -0.15) is 5.26 Å². The molecule has 0 saturated heterocycles. The summed E-state index contributed by atoms with van der Waals surface area (Å²) in [6, 6.07) is 4.01. The van der Waals surface area contributed by atoms with Crippen LogP contribution in [-0.4, -0.2) is 14.2 Å². The van der Waals surface area contributed by atoms with Gasteiger partial charge in [0.2, 0.25) is 0 Å². The molecule has 80 valence electrons. The zero-order chi connectivity index (χ0) is 11.4. The largest absolute Gasteiger partial charge is 0.496 e. The van der Waals surface area contributed by atoms with Crippen LogP contribution in [0.1, 0.15) is 16.7 Å². The fourth-order valence-electron chi connectivity index (χ4n) is 1.68. The van der Waals surface area contributed by atoms with Crippen LogP contribution in [-0.2, 0) is 6.42 Å². The SMILES string of the molecule is COc1cc(OC)c(C)c(CC#N)c1C. The predicted octanol–water partition coefficient (Wildman–Crippen LogP) is 2.39. The topological polar surface area (TPSA) is 42.2 Å². The molecule has 0 amide bonds. The first-order valence-corrected chi connectivity index (χ1v) is 4.73. The van der Waals surface area contributed by atoms with Gasteiger partial charge >= 0.3 is 0 Å². The van der Waals surface area contributed by atoms with Crippen LogP contribution in [0.4, 0.5) is 0 Å². The van der Waals surface area contributed by atoms with Crippen molar-refractivity contribution >= 4 is 0 Å². The predicted molar refractivity (Wildman–Crippen MR) is 58.3 cm³/mol. The number of methoxy groups -OCH3 is 2. The third-order valence-corrected chi connectivity index (χ3v) is 2.60. The highest BCUT2D eigenvalue weighted by molar-refractivity contribution is 5.52. The van der Waals surface area contributed by atoms with Gasteiger partial charge in [0.1, 0.15) is 11.5 Å². The highest BCUT2D eigenvalue weighted by Gasteiger charge is 2.12. The highest BCUT2D eigenvalue weighted by Crippen LogP contribution is 2.32. The second-order valence-corrected chi connectivity index (χ2v) is 3.34. The Morgan fingerprint density at radius 2 is 1.60 bits per heavy atom. The third-order valence-electron chi connectivity index (χ3n) is 2.60. The summed E-state index contributed by atoms with van der Waals surface area (Å²) in [6.07, 6.45) is 0.380. The molecule has 0 unspecified atom stereocenters. The summed E-state index contributed by atoms with van der Waals surface area (Å²) in [6.45, 7) is 3.91. The molecule has 0 atom stereocenters. The molecule has 0 aliphatic carbocycles. The molecule has 15 heavy (non-hydrogen) atoms. The molecule has 3 heteroatoms. The minimum Gasteiger partial charge on any atom is -0.496 e. The zero-order valence-electron chi connectivity index (χ0n) is 9.55. The van der Waals surface area contributed by atoms with Gasteiger partial charge in [-0.1, -0.05) is 0 Å². The molecule has 0 spiro atoms. The summed E-state index contributed by atoms with van der Waals surface area (Å²) in [5.41, 5.74) is 3.02. The molecule has 0 aromatic heterocycles. The number of nitriles is 1. The Bertz CT molecular complexity index is 377. The van der Waals surface area contributed by atoms with E-state index >= 15 is 0 Å². The van der Waals surface area contributed by atoms with Gasteiger partial charge in [-0.3, -0.25) is 0 Å². The Kier molecular flexibility index (Phi) is 3.56. The van der Waals surface area contributed by atoms with Crippen LogP contribution >= 0.6 is 0 Å². The lowest BCUT2D eigenvalue weighted by Crippen LogP contribution is -1.99. The minimum atomic E-state index is 0.380. The van der Waals surface area contributed by atoms with Gasteiger partial charge in [0.15, 0.2) is 0 Å². The molecule has 3 nitrogen and oxygen atoms in total. The van der Waals surface area contributed by atoms with Gasteiger partial charge in [0.25, 0.3) is 0 Å². The fraction of sp³-hybridized carbons (Fsp3) is 0.417. The molecular weight excluding hydrogens is 190 g/mol. The van der Waals surface area contributed by atoms with Crippen LogP contribution in [0.3, 0.4) is 0 Å². The van der Waals surface area contributed by atoms with Crippen molar-refractivity contribution in [3.8, 4) is 17.6 Å². The lowest BCUT2D eigenvalue weighted by molar-refractivity contribution is 0.389. The maximum absolute atomic E-state index is 8.76. The first-order valence-electron chi connectivity index (χ1n) is 4.73. The monoisotopic (exact) mass is 205 g/mol. The summed E-state index contributed by atoms with van der Waals surface area (Å²) < 4.78 is 10.5. The normalized spacial score (nSPS) is 9.53. The summed E-state index contributed by atoms with van der Waals surface area (Å²) in [5.74, 6) is 1.53. The van der Waals surface area contributed by atoms with Crippen molar-refractivity contribution in [2.45, 2.75) is 20.3 Å². The number of ether oxygens (including phenoxy) is 2. The standard InChI is InChI=1S/C12H15NO2/c1-8-10(5-6-13)9(2)12(15-4)7-11(8)14-3/h7H,5H2,1-4H3. The summed E-state index contributed by atoms with van der Waals surface area (Å²) in [7, 11) is 3.24. The van der Waals surface area contributed by atoms with Crippen LogP contribution in [0.15, 0.2) is 6.07 Å². The van der Waals surface area contributed by atoms with Gasteiger partial charge in [-0.15, -0.1) is 0 Å². The molecular formula is C12H15NO2. The maximum Gasteiger partial charge on any atom is 0.125 e. The third kappa shape index (κ3) is 2.04. The molecule has 0 aliphatic rings. The quantitative estimate of drug-likeness (QED) is 0.760. The molecule has 1 aromatic rings. The molecule has 0 aliphatic heterocycles. The lowest BCUT2D eigenvalue weighted by atomic mass is 9.98. The Labute approximate surface area is 90.2 Å². The summed E-state index contributed by atoms with van der Waals surface area (Å²) in [4.78, 5) is 0. The van der Waals surface area contributed by atoms with E-state index in [0.29, 0.717) is 6.42 Å². The fourth-order valence-corrected chi connectivity index (χ4v) is 1.68. The first-order chi connectivity index (χ1) is 7.15. The van der Waals surface area contributed by atoms with Crippen molar-refractivity contribution in [2.75, 3.05) is 14.2 Å². The number of benzene rings is 1. The van der Waals surface area contributed by atoms with E-state index < -0.39 is 0 Å². The molecule has 0 bridgehead atoms. The van der Waals surface area contributed by atoms with Crippen molar-refractivity contribution in [1.82, 2.24) is 0 Å². The van der Waals surface area contributed by atoms with Gasteiger partial charge in [0, 0.05) is 6.07 Å². The maximum atomic E-state index is 8.76. The molecule has 0 heterocycles. The zero-order valence-corrected chi connectivity index (χ0v) is 9.55. The van der Waals surface area contributed by atoms with Gasteiger partial charge < -0.3 is 9.47 Å². The van der Waals surface area contributed by atoms with Crippen molar-refractivity contribution in [2.24, 2.45) is 0 Å². The van der Waals surface area contributed by atoms with E-state index in [2.05, 4.69) is 6.07 Å². The van der Waals surface area contributed by atoms with Crippen molar-refractivity contribution < 1.29 is 9.47 Å². The van der Waals surface area contributed by atoms with Crippen molar-refractivity contribution in [1.29, 1.82) is 5.26 Å². The first kappa shape index (κ1) is 11.4. The van der Waals surface area contributed by atoms with Gasteiger partial charge in [-0.05, 0) is 30.5 Å². The highest BCUT2D eigenvalue weighted by atomic mass is 16.5. The van der Waals surface area contributed by atoms with E-state index in [9.17, 15) is 0 Å². The number of rotatable bonds is 3. The van der Waals surface area contributed by atoms with Crippen LogP contribution in [0.25, 0.3) is 0 Å². The van der Waals surface area contributed by atoms with Crippen LogP contribution in [0.5, 0.6) is 11.5 Å². The van der Waals surface area contributed by atoms with Gasteiger partial charge in [-0.25, -0.2) is 0 Å². The van der Waals surface area contributed by atoms with Gasteiger partial charge in [0.05, 0.1) is 26.7 Å². The molecule has 0 saturated carbocycles. The molecule has 0 N–H and O–H groups in total. The van der Waals surface area contributed by atoms with E-state index in [-0.39, 0.29) is 0 Å². The molecule has 0 fully saturated rings. The summed E-state index contributed by atoms with van der Waals surface area (Å²) in [5, 5.41) is 8.76. The van der Waals surface area contributed by atoms with Crippen LogP contribution in [0.2, 0.25) is 0 Å². The number of hydrogen-bond acceptors (Lipinski definition) is 3.